The molecule has 0 spiro atoms. The number of aliphatic carboxylic acids is 1. The van der Waals surface area contributed by atoms with Crippen molar-refractivity contribution in [2.45, 2.75) is 6.54 Å². The topological polar surface area (TPSA) is 80.1 Å². The van der Waals surface area contributed by atoms with Crippen LogP contribution < -0.4 is 14.9 Å². The summed E-state index contributed by atoms with van der Waals surface area (Å²) in [7, 11) is 1.47. The van der Waals surface area contributed by atoms with E-state index in [0.29, 0.717) is 38.1 Å². The molecule has 0 aliphatic heterocycles. The Morgan fingerprint density at radius 3 is 2.65 bits per heavy atom. The van der Waals surface area contributed by atoms with E-state index in [9.17, 15) is 4.79 Å². The van der Waals surface area contributed by atoms with Gasteiger partial charge in [0.1, 0.15) is 0 Å². The van der Waals surface area contributed by atoms with Gasteiger partial charge in [0.25, 0.3) is 0 Å². The molecule has 0 atom stereocenters. The lowest BCUT2D eigenvalue weighted by molar-refractivity contribution is -0.139. The Kier molecular flexibility index (Phi) is 7.56. The lowest BCUT2D eigenvalue weighted by Gasteiger charge is -2.12. The summed E-state index contributed by atoms with van der Waals surface area (Å²) in [4.78, 5) is 10.7. The van der Waals surface area contributed by atoms with Crippen molar-refractivity contribution in [3.05, 3.63) is 56.0 Å². The first-order chi connectivity index (χ1) is 12.4. The highest BCUT2D eigenvalue weighted by Gasteiger charge is 2.12. The summed E-state index contributed by atoms with van der Waals surface area (Å²) < 4.78 is 11.0. The zero-order valence-electron chi connectivity index (χ0n) is 13.6. The van der Waals surface area contributed by atoms with Crippen molar-refractivity contribution in [2.24, 2.45) is 5.10 Å². The number of hydrogen-bond acceptors (Lipinski definition) is 5. The lowest BCUT2D eigenvalue weighted by Crippen LogP contribution is -2.10. The van der Waals surface area contributed by atoms with E-state index < -0.39 is 12.6 Å². The number of carbonyl (C=O) groups is 1. The van der Waals surface area contributed by atoms with Gasteiger partial charge in [-0.3, -0.25) is 0 Å². The van der Waals surface area contributed by atoms with Crippen molar-refractivity contribution in [3.63, 3.8) is 0 Å². The van der Waals surface area contributed by atoms with Crippen molar-refractivity contribution in [3.8, 4) is 11.5 Å². The minimum absolute atomic E-state index is 0.308. The molecule has 0 aromatic heterocycles. The van der Waals surface area contributed by atoms with Crippen LogP contribution in [0.5, 0.6) is 11.5 Å². The van der Waals surface area contributed by atoms with Crippen LogP contribution in [0.3, 0.4) is 0 Å². The van der Waals surface area contributed by atoms with Crippen LogP contribution in [-0.2, 0) is 11.3 Å². The fourth-order valence-corrected chi connectivity index (χ4v) is 3.14. The number of nitrogens with zero attached hydrogens (tertiary/aromatic N) is 1. The molecule has 0 saturated carbocycles. The van der Waals surface area contributed by atoms with E-state index in [2.05, 4.69) is 26.5 Å². The molecule has 2 rings (SSSR count). The van der Waals surface area contributed by atoms with E-state index in [1.165, 1.54) is 7.11 Å². The van der Waals surface area contributed by atoms with Crippen LogP contribution in [-0.4, -0.2) is 31.0 Å². The second-order valence-corrected chi connectivity index (χ2v) is 6.68. The fourth-order valence-electron chi connectivity index (χ4n) is 2.03. The number of carboxylic acids is 1. The number of nitrogens with one attached hydrogen (secondary N) is 1. The van der Waals surface area contributed by atoms with Crippen molar-refractivity contribution >= 4 is 51.3 Å². The van der Waals surface area contributed by atoms with Crippen LogP contribution in [0, 0.1) is 0 Å². The average Bonchev–Trinajstić information content (AvgIpc) is 2.59. The Morgan fingerprint density at radius 2 is 2.04 bits per heavy atom. The summed E-state index contributed by atoms with van der Waals surface area (Å²) in [6.45, 7) is -0.102. The smallest absolute Gasteiger partial charge is 0.341 e. The number of carboxylic acid groups (broad SMARTS) is 1. The molecule has 0 unspecified atom stereocenters. The van der Waals surface area contributed by atoms with Crippen LogP contribution in [0.15, 0.2) is 39.9 Å². The van der Waals surface area contributed by atoms with Gasteiger partial charge in [-0.15, -0.1) is 0 Å². The van der Waals surface area contributed by atoms with Crippen LogP contribution in [0.2, 0.25) is 10.0 Å². The molecule has 0 fully saturated rings. The van der Waals surface area contributed by atoms with E-state index in [1.54, 1.807) is 36.5 Å². The molecular weight excluding hydrogens is 447 g/mol. The summed E-state index contributed by atoms with van der Waals surface area (Å²) in [6.07, 6.45) is 1.58. The first-order valence-electron chi connectivity index (χ1n) is 7.33. The number of ether oxygens (including phenoxy) is 2. The number of rotatable bonds is 8. The van der Waals surface area contributed by atoms with Gasteiger partial charge in [-0.2, -0.15) is 5.10 Å². The van der Waals surface area contributed by atoms with Gasteiger partial charge in [0.05, 0.1) is 24.3 Å². The molecule has 6 nitrogen and oxygen atoms in total. The van der Waals surface area contributed by atoms with Gasteiger partial charge in [0.2, 0.25) is 0 Å². The van der Waals surface area contributed by atoms with Gasteiger partial charge in [0, 0.05) is 15.6 Å². The number of hydrazone groups is 1. The van der Waals surface area contributed by atoms with Gasteiger partial charge in [0.15, 0.2) is 18.1 Å². The molecule has 2 aromatic carbocycles. The van der Waals surface area contributed by atoms with Crippen LogP contribution in [0.4, 0.5) is 0 Å². The maximum absolute atomic E-state index is 10.7. The third-order valence-corrected chi connectivity index (χ3v) is 4.51. The van der Waals surface area contributed by atoms with Crippen molar-refractivity contribution in [2.75, 3.05) is 13.7 Å². The SMILES string of the molecule is COc1cc(/C=N\NCc2c(Cl)cccc2Cl)cc(Br)c1OCC(=O)O. The van der Waals surface area contributed by atoms with Gasteiger partial charge in [-0.1, -0.05) is 29.3 Å². The Bertz CT molecular complexity index is 810. The molecule has 0 radical (unpaired) electrons. The lowest BCUT2D eigenvalue weighted by atomic mass is 10.2. The van der Waals surface area contributed by atoms with E-state index in [4.69, 9.17) is 37.8 Å². The number of methoxy groups -OCH3 is 1. The van der Waals surface area contributed by atoms with E-state index in [-0.39, 0.29) is 0 Å². The molecule has 0 aliphatic rings. The summed E-state index contributed by atoms with van der Waals surface area (Å²) in [6, 6.07) is 8.69. The van der Waals surface area contributed by atoms with Crippen molar-refractivity contribution in [1.29, 1.82) is 0 Å². The molecule has 26 heavy (non-hydrogen) atoms. The maximum Gasteiger partial charge on any atom is 0.341 e. The first kappa shape index (κ1) is 20.4. The summed E-state index contributed by atoms with van der Waals surface area (Å²) >= 11 is 15.5. The highest BCUT2D eigenvalue weighted by molar-refractivity contribution is 9.10. The first-order valence-corrected chi connectivity index (χ1v) is 8.88. The van der Waals surface area contributed by atoms with Gasteiger partial charge < -0.3 is 20.0 Å². The molecule has 0 amide bonds. The largest absolute Gasteiger partial charge is 0.493 e. The third-order valence-electron chi connectivity index (χ3n) is 3.21. The predicted molar refractivity (Wildman–Crippen MR) is 105 cm³/mol. The molecule has 2 N–H and O–H groups in total. The second kappa shape index (κ2) is 9.66. The van der Waals surface area contributed by atoms with Gasteiger partial charge in [-0.05, 0) is 45.8 Å². The average molecular weight is 462 g/mol. The Morgan fingerprint density at radius 1 is 1.35 bits per heavy atom. The molecule has 0 aliphatic carbocycles. The minimum atomic E-state index is -1.08. The molecule has 0 heterocycles. The van der Waals surface area contributed by atoms with Gasteiger partial charge >= 0.3 is 5.97 Å². The maximum atomic E-state index is 10.7. The standard InChI is InChI=1S/C17H15BrCl2N2O4/c1-25-15-6-10(5-12(18)17(15)26-9-16(23)24)7-21-22-8-11-13(19)3-2-4-14(11)20/h2-7,22H,8-9H2,1H3,(H,23,24)/b21-7-. The fraction of sp³-hybridized carbons (Fsp3) is 0.176. The molecular formula is C17H15BrCl2N2O4. The number of hydrogen-bond donors (Lipinski definition) is 2. The molecule has 2 aromatic rings. The molecule has 0 bridgehead atoms. The molecule has 138 valence electrons. The minimum Gasteiger partial charge on any atom is -0.493 e. The molecule has 0 saturated heterocycles. The second-order valence-electron chi connectivity index (χ2n) is 5.01. The van der Waals surface area contributed by atoms with Crippen LogP contribution in [0.1, 0.15) is 11.1 Å². The summed E-state index contributed by atoms with van der Waals surface area (Å²) in [5.41, 5.74) is 4.35. The zero-order chi connectivity index (χ0) is 19.1. The predicted octanol–water partition coefficient (Wildman–Crippen LogP) is 4.35. The normalized spacial score (nSPS) is 10.8. The summed E-state index contributed by atoms with van der Waals surface area (Å²) in [5, 5.41) is 14.0. The highest BCUT2D eigenvalue weighted by Crippen LogP contribution is 2.36. The van der Waals surface area contributed by atoms with Crippen LogP contribution >= 0.6 is 39.1 Å². The number of benzene rings is 2. The number of halogens is 3. The van der Waals surface area contributed by atoms with Crippen molar-refractivity contribution < 1.29 is 19.4 Å². The quantitative estimate of drug-likeness (QED) is 0.451. The Labute approximate surface area is 168 Å². The Hall–Kier alpha value is -1.96. The van der Waals surface area contributed by atoms with E-state index in [1.807, 2.05) is 0 Å². The van der Waals surface area contributed by atoms with Crippen LogP contribution in [0.25, 0.3) is 0 Å². The van der Waals surface area contributed by atoms with E-state index in [0.717, 1.165) is 5.56 Å². The highest BCUT2D eigenvalue weighted by atomic mass is 79.9. The third kappa shape index (κ3) is 5.52. The zero-order valence-corrected chi connectivity index (χ0v) is 16.7. The van der Waals surface area contributed by atoms with Gasteiger partial charge in [-0.25, -0.2) is 4.79 Å². The Balaban J connectivity index is 2.08. The monoisotopic (exact) mass is 460 g/mol. The summed E-state index contributed by atoms with van der Waals surface area (Å²) in [5.74, 6) is -0.383. The van der Waals surface area contributed by atoms with Crippen molar-refractivity contribution in [1.82, 2.24) is 5.43 Å². The molecule has 9 heteroatoms. The van der Waals surface area contributed by atoms with E-state index >= 15 is 0 Å².